The molecule has 0 unspecified atom stereocenters. The van der Waals surface area contributed by atoms with Crippen molar-refractivity contribution in [1.29, 1.82) is 0 Å². The Balaban J connectivity index is 1.80. The van der Waals surface area contributed by atoms with Crippen molar-refractivity contribution in [2.45, 2.75) is 58.5 Å². The first-order valence-electron chi connectivity index (χ1n) is 7.55. The van der Waals surface area contributed by atoms with E-state index in [4.69, 9.17) is 4.74 Å². The lowest BCUT2D eigenvalue weighted by Crippen LogP contribution is -2.22. The quantitative estimate of drug-likeness (QED) is 0.851. The molecule has 0 bridgehead atoms. The molecule has 1 aliphatic rings. The van der Waals surface area contributed by atoms with Crippen LogP contribution in [0.1, 0.15) is 51.5 Å². The first kappa shape index (κ1) is 14.3. The summed E-state index contributed by atoms with van der Waals surface area (Å²) in [7, 11) is 0. The lowest BCUT2D eigenvalue weighted by atomic mass is 9.90. The van der Waals surface area contributed by atoms with E-state index in [9.17, 15) is 0 Å². The zero-order valence-electron chi connectivity index (χ0n) is 12.2. The van der Waals surface area contributed by atoms with Gasteiger partial charge in [0.05, 0.1) is 6.61 Å². The van der Waals surface area contributed by atoms with Gasteiger partial charge in [0.25, 0.3) is 0 Å². The van der Waals surface area contributed by atoms with Crippen LogP contribution in [-0.2, 0) is 6.54 Å². The summed E-state index contributed by atoms with van der Waals surface area (Å²) in [5, 5.41) is 3.41. The molecule has 0 saturated heterocycles. The molecule has 2 rings (SSSR count). The van der Waals surface area contributed by atoms with Crippen LogP contribution in [0.5, 0.6) is 5.88 Å². The molecule has 1 saturated carbocycles. The predicted octanol–water partition coefficient (Wildman–Crippen LogP) is 3.54. The molecule has 0 amide bonds. The first-order valence-corrected chi connectivity index (χ1v) is 7.55. The number of rotatable bonds is 6. The van der Waals surface area contributed by atoms with Gasteiger partial charge in [0, 0.05) is 24.8 Å². The highest BCUT2D eigenvalue weighted by atomic mass is 16.5. The summed E-state index contributed by atoms with van der Waals surface area (Å²) >= 11 is 0. The molecule has 0 radical (unpaired) electrons. The zero-order valence-corrected chi connectivity index (χ0v) is 12.2. The Hall–Kier alpha value is -1.09. The number of pyridine rings is 1. The summed E-state index contributed by atoms with van der Waals surface area (Å²) in [5.74, 6) is 1.50. The molecular formula is C16H26N2O. The Bertz CT molecular complexity index is 373. The Morgan fingerprint density at radius 2 is 2.11 bits per heavy atom. The average Bonchev–Trinajstić information content (AvgIpc) is 2.44. The number of hydrogen-bond donors (Lipinski definition) is 1. The zero-order chi connectivity index (χ0) is 13.5. The van der Waals surface area contributed by atoms with Gasteiger partial charge >= 0.3 is 0 Å². The Morgan fingerprint density at radius 1 is 1.32 bits per heavy atom. The molecule has 3 heteroatoms. The topological polar surface area (TPSA) is 34.2 Å². The highest BCUT2D eigenvalue weighted by molar-refractivity contribution is 5.20. The van der Waals surface area contributed by atoms with E-state index in [0.717, 1.165) is 24.9 Å². The summed E-state index contributed by atoms with van der Waals surface area (Å²) in [6.45, 7) is 6.01. The van der Waals surface area contributed by atoms with Crippen molar-refractivity contribution in [2.24, 2.45) is 5.92 Å². The summed E-state index contributed by atoms with van der Waals surface area (Å²) in [6.07, 6.45) is 8.58. The lowest BCUT2D eigenvalue weighted by molar-refractivity contribution is 0.202. The molecule has 1 aliphatic carbocycles. The highest BCUT2D eigenvalue weighted by Gasteiger charge is 2.14. The minimum atomic E-state index is 0.500. The minimum Gasteiger partial charge on any atom is -0.477 e. The maximum atomic E-state index is 5.85. The SMILES string of the molecule is CC(C)NCc1ccnc(OCC2CCCCC2)c1. The fourth-order valence-electron chi connectivity index (χ4n) is 2.52. The van der Waals surface area contributed by atoms with E-state index in [1.54, 1.807) is 0 Å². The molecule has 1 aromatic heterocycles. The van der Waals surface area contributed by atoms with Gasteiger partial charge in [-0.3, -0.25) is 0 Å². The third-order valence-corrected chi connectivity index (χ3v) is 3.71. The summed E-state index contributed by atoms with van der Waals surface area (Å²) in [5.41, 5.74) is 1.24. The van der Waals surface area contributed by atoms with Crippen molar-refractivity contribution in [3.8, 4) is 5.88 Å². The van der Waals surface area contributed by atoms with E-state index in [1.165, 1.54) is 37.7 Å². The maximum Gasteiger partial charge on any atom is 0.213 e. The van der Waals surface area contributed by atoms with E-state index >= 15 is 0 Å². The Labute approximate surface area is 116 Å². The number of nitrogens with one attached hydrogen (secondary N) is 1. The number of hydrogen-bond acceptors (Lipinski definition) is 3. The second-order valence-corrected chi connectivity index (χ2v) is 5.85. The van der Waals surface area contributed by atoms with Gasteiger partial charge in [-0.2, -0.15) is 0 Å². The van der Waals surface area contributed by atoms with Crippen molar-refractivity contribution < 1.29 is 4.74 Å². The molecule has 1 N–H and O–H groups in total. The molecule has 0 aliphatic heterocycles. The van der Waals surface area contributed by atoms with Gasteiger partial charge in [-0.15, -0.1) is 0 Å². The number of aromatic nitrogens is 1. The van der Waals surface area contributed by atoms with E-state index in [1.807, 2.05) is 12.3 Å². The van der Waals surface area contributed by atoms with E-state index in [0.29, 0.717) is 6.04 Å². The van der Waals surface area contributed by atoms with Crippen molar-refractivity contribution in [1.82, 2.24) is 10.3 Å². The molecule has 0 aromatic carbocycles. The van der Waals surface area contributed by atoms with Gasteiger partial charge in [0.1, 0.15) is 0 Å². The van der Waals surface area contributed by atoms with Gasteiger partial charge in [0.15, 0.2) is 0 Å². The molecule has 1 heterocycles. The van der Waals surface area contributed by atoms with Crippen molar-refractivity contribution in [3.05, 3.63) is 23.9 Å². The maximum absolute atomic E-state index is 5.85. The van der Waals surface area contributed by atoms with Crippen LogP contribution in [0.3, 0.4) is 0 Å². The molecular weight excluding hydrogens is 236 g/mol. The second kappa shape index (κ2) is 7.49. The second-order valence-electron chi connectivity index (χ2n) is 5.85. The normalized spacial score (nSPS) is 16.8. The van der Waals surface area contributed by atoms with Gasteiger partial charge in [-0.25, -0.2) is 4.98 Å². The average molecular weight is 262 g/mol. The highest BCUT2D eigenvalue weighted by Crippen LogP contribution is 2.24. The Morgan fingerprint density at radius 3 is 2.84 bits per heavy atom. The van der Waals surface area contributed by atoms with Crippen molar-refractivity contribution >= 4 is 0 Å². The van der Waals surface area contributed by atoms with Crippen LogP contribution >= 0.6 is 0 Å². The Kier molecular flexibility index (Phi) is 5.64. The molecule has 1 aromatic rings. The summed E-state index contributed by atoms with van der Waals surface area (Å²) in [4.78, 5) is 4.30. The third kappa shape index (κ3) is 5.19. The van der Waals surface area contributed by atoms with Crippen LogP contribution in [0.15, 0.2) is 18.3 Å². The number of ether oxygens (including phenoxy) is 1. The van der Waals surface area contributed by atoms with Crippen LogP contribution in [0, 0.1) is 5.92 Å². The minimum absolute atomic E-state index is 0.500. The molecule has 3 nitrogen and oxygen atoms in total. The first-order chi connectivity index (χ1) is 9.24. The standard InChI is InChI=1S/C16H26N2O/c1-13(2)18-11-15-8-9-17-16(10-15)19-12-14-6-4-3-5-7-14/h8-10,13-14,18H,3-7,11-12H2,1-2H3. The van der Waals surface area contributed by atoms with Gasteiger partial charge in [-0.05, 0) is 30.4 Å². The van der Waals surface area contributed by atoms with Crippen LogP contribution in [-0.4, -0.2) is 17.6 Å². The fraction of sp³-hybridized carbons (Fsp3) is 0.688. The van der Waals surface area contributed by atoms with Gasteiger partial charge in [-0.1, -0.05) is 33.1 Å². The van der Waals surface area contributed by atoms with Crippen molar-refractivity contribution in [2.75, 3.05) is 6.61 Å². The predicted molar refractivity (Wildman–Crippen MR) is 78.3 cm³/mol. The molecule has 19 heavy (non-hydrogen) atoms. The number of nitrogens with zero attached hydrogens (tertiary/aromatic N) is 1. The van der Waals surface area contributed by atoms with E-state index < -0.39 is 0 Å². The van der Waals surface area contributed by atoms with Gasteiger partial charge < -0.3 is 10.1 Å². The van der Waals surface area contributed by atoms with Crippen LogP contribution in [0.2, 0.25) is 0 Å². The summed E-state index contributed by atoms with van der Waals surface area (Å²) < 4.78 is 5.85. The molecule has 0 spiro atoms. The largest absolute Gasteiger partial charge is 0.477 e. The monoisotopic (exact) mass is 262 g/mol. The van der Waals surface area contributed by atoms with Gasteiger partial charge in [0.2, 0.25) is 5.88 Å². The third-order valence-electron chi connectivity index (χ3n) is 3.71. The van der Waals surface area contributed by atoms with Crippen LogP contribution in [0.4, 0.5) is 0 Å². The van der Waals surface area contributed by atoms with Crippen LogP contribution < -0.4 is 10.1 Å². The fourth-order valence-corrected chi connectivity index (χ4v) is 2.52. The van der Waals surface area contributed by atoms with E-state index in [-0.39, 0.29) is 0 Å². The molecule has 0 atom stereocenters. The van der Waals surface area contributed by atoms with E-state index in [2.05, 4.69) is 30.2 Å². The molecule has 106 valence electrons. The molecule has 1 fully saturated rings. The van der Waals surface area contributed by atoms with Crippen LogP contribution in [0.25, 0.3) is 0 Å². The lowest BCUT2D eigenvalue weighted by Gasteiger charge is -2.21. The summed E-state index contributed by atoms with van der Waals surface area (Å²) in [6, 6.07) is 4.60. The smallest absolute Gasteiger partial charge is 0.213 e. The van der Waals surface area contributed by atoms with Crippen molar-refractivity contribution in [3.63, 3.8) is 0 Å².